The first-order valence-corrected chi connectivity index (χ1v) is 6.01. The van der Waals surface area contributed by atoms with E-state index in [-0.39, 0.29) is 5.82 Å². The van der Waals surface area contributed by atoms with Crippen LogP contribution < -0.4 is 4.90 Å². The summed E-state index contributed by atoms with van der Waals surface area (Å²) in [6.45, 7) is 1.86. The third kappa shape index (κ3) is 1.77. The first kappa shape index (κ1) is 11.0. The van der Waals surface area contributed by atoms with Gasteiger partial charge in [-0.1, -0.05) is 12.1 Å². The molecule has 92 valence electrons. The van der Waals surface area contributed by atoms with Crippen molar-refractivity contribution in [3.05, 3.63) is 30.1 Å². The van der Waals surface area contributed by atoms with Crippen molar-refractivity contribution < 1.29 is 9.90 Å². The van der Waals surface area contributed by atoms with Gasteiger partial charge in [0.25, 0.3) is 0 Å². The van der Waals surface area contributed by atoms with Crippen LogP contribution in [0.15, 0.2) is 24.3 Å². The molecule has 18 heavy (non-hydrogen) atoms. The van der Waals surface area contributed by atoms with Crippen LogP contribution >= 0.6 is 0 Å². The van der Waals surface area contributed by atoms with Gasteiger partial charge in [0, 0.05) is 18.5 Å². The van der Waals surface area contributed by atoms with Crippen molar-refractivity contribution in [2.24, 2.45) is 0 Å². The zero-order valence-electron chi connectivity index (χ0n) is 9.83. The molecule has 0 unspecified atom stereocenters. The van der Waals surface area contributed by atoms with Crippen LogP contribution in [0.2, 0.25) is 0 Å². The zero-order chi connectivity index (χ0) is 12.5. The van der Waals surface area contributed by atoms with Crippen LogP contribution in [0, 0.1) is 0 Å². The minimum Gasteiger partial charge on any atom is -0.475 e. The summed E-state index contributed by atoms with van der Waals surface area (Å²) in [5, 5.41) is 9.99. The number of hydrogen-bond acceptors (Lipinski definition) is 4. The highest BCUT2D eigenvalue weighted by Crippen LogP contribution is 2.26. The van der Waals surface area contributed by atoms with E-state index in [1.54, 1.807) is 0 Å². The van der Waals surface area contributed by atoms with E-state index in [2.05, 4.69) is 14.9 Å². The Morgan fingerprint density at radius 3 is 2.61 bits per heavy atom. The van der Waals surface area contributed by atoms with Gasteiger partial charge in [0.05, 0.1) is 5.52 Å². The minimum absolute atomic E-state index is 0.129. The third-order valence-corrected chi connectivity index (χ3v) is 3.18. The van der Waals surface area contributed by atoms with Gasteiger partial charge < -0.3 is 10.0 Å². The van der Waals surface area contributed by atoms with E-state index in [0.29, 0.717) is 5.52 Å². The van der Waals surface area contributed by atoms with Crippen LogP contribution in [0.3, 0.4) is 0 Å². The average Bonchev–Trinajstić information content (AvgIpc) is 2.91. The van der Waals surface area contributed by atoms with Crippen LogP contribution in [0.1, 0.15) is 23.5 Å². The minimum atomic E-state index is -1.08. The maximum atomic E-state index is 11.1. The van der Waals surface area contributed by atoms with Gasteiger partial charge >= 0.3 is 5.97 Å². The molecule has 1 aromatic heterocycles. The number of anilines is 1. The summed E-state index contributed by atoms with van der Waals surface area (Å²) in [5.74, 6) is -0.465. The first-order valence-electron chi connectivity index (χ1n) is 6.01. The maximum absolute atomic E-state index is 11.1. The Balaban J connectivity index is 2.22. The number of para-hydroxylation sites is 1. The van der Waals surface area contributed by atoms with Crippen molar-refractivity contribution >= 4 is 22.7 Å². The Bertz CT molecular complexity index is 606. The fourth-order valence-corrected chi connectivity index (χ4v) is 2.33. The Hall–Kier alpha value is -2.17. The van der Waals surface area contributed by atoms with Crippen molar-refractivity contribution in [3.63, 3.8) is 0 Å². The van der Waals surface area contributed by atoms with Crippen LogP contribution in [0.25, 0.3) is 10.9 Å². The zero-order valence-corrected chi connectivity index (χ0v) is 9.83. The fraction of sp³-hybridized carbons (Fsp3) is 0.308. The number of carbonyl (C=O) groups is 1. The van der Waals surface area contributed by atoms with E-state index < -0.39 is 5.97 Å². The van der Waals surface area contributed by atoms with Crippen molar-refractivity contribution in [2.75, 3.05) is 18.0 Å². The monoisotopic (exact) mass is 243 g/mol. The number of nitrogens with zero attached hydrogens (tertiary/aromatic N) is 3. The van der Waals surface area contributed by atoms with Crippen molar-refractivity contribution in [3.8, 4) is 0 Å². The molecule has 0 spiro atoms. The summed E-state index contributed by atoms with van der Waals surface area (Å²) >= 11 is 0. The lowest BCUT2D eigenvalue weighted by molar-refractivity contribution is 0.0684. The molecule has 1 aromatic carbocycles. The first-order chi connectivity index (χ1) is 8.75. The Kier molecular flexibility index (Phi) is 2.59. The lowest BCUT2D eigenvalue weighted by Gasteiger charge is -2.18. The number of aromatic carboxylic acids is 1. The molecule has 2 aromatic rings. The van der Waals surface area contributed by atoms with E-state index in [0.717, 1.165) is 37.1 Å². The predicted octanol–water partition coefficient (Wildman–Crippen LogP) is 1.93. The summed E-state index contributed by atoms with van der Waals surface area (Å²) in [6.07, 6.45) is 2.25. The second-order valence-electron chi connectivity index (χ2n) is 4.39. The van der Waals surface area contributed by atoms with Crippen LogP contribution in [-0.2, 0) is 0 Å². The van der Waals surface area contributed by atoms with Crippen molar-refractivity contribution in [1.29, 1.82) is 0 Å². The molecule has 1 N–H and O–H groups in total. The van der Waals surface area contributed by atoms with Gasteiger partial charge in [0.15, 0.2) is 0 Å². The number of hydrogen-bond donors (Lipinski definition) is 1. The number of aromatic nitrogens is 2. The Morgan fingerprint density at radius 2 is 1.89 bits per heavy atom. The lowest BCUT2D eigenvalue weighted by atomic mass is 10.2. The molecule has 0 radical (unpaired) electrons. The van der Waals surface area contributed by atoms with E-state index in [9.17, 15) is 4.79 Å². The molecule has 5 heteroatoms. The molecular formula is C13H13N3O2. The largest absolute Gasteiger partial charge is 0.475 e. The number of carboxylic acids is 1. The Morgan fingerprint density at radius 1 is 1.17 bits per heavy atom. The topological polar surface area (TPSA) is 66.3 Å². The smallest absolute Gasteiger partial charge is 0.374 e. The molecule has 0 amide bonds. The van der Waals surface area contributed by atoms with Crippen LogP contribution in [-0.4, -0.2) is 34.1 Å². The number of fused-ring (bicyclic) bond motifs is 1. The highest BCUT2D eigenvalue weighted by atomic mass is 16.4. The number of benzene rings is 1. The van der Waals surface area contributed by atoms with Gasteiger partial charge in [-0.3, -0.25) is 0 Å². The van der Waals surface area contributed by atoms with Gasteiger partial charge in [-0.05, 0) is 25.0 Å². The normalized spacial score (nSPS) is 15.2. The molecule has 0 aliphatic carbocycles. The molecule has 1 aliphatic rings. The summed E-state index contributed by atoms with van der Waals surface area (Å²) in [7, 11) is 0. The number of carboxylic acid groups (broad SMARTS) is 1. The molecule has 3 rings (SSSR count). The fourth-order valence-electron chi connectivity index (χ4n) is 2.33. The van der Waals surface area contributed by atoms with E-state index in [4.69, 9.17) is 5.11 Å². The van der Waals surface area contributed by atoms with Crippen molar-refractivity contribution in [2.45, 2.75) is 12.8 Å². The van der Waals surface area contributed by atoms with Gasteiger partial charge in [-0.25, -0.2) is 14.8 Å². The second kappa shape index (κ2) is 4.25. The SMILES string of the molecule is O=C(O)c1nc(N2CCCC2)c2ccccc2n1. The number of rotatable bonds is 2. The third-order valence-electron chi connectivity index (χ3n) is 3.18. The summed E-state index contributed by atoms with van der Waals surface area (Å²) in [4.78, 5) is 21.5. The summed E-state index contributed by atoms with van der Waals surface area (Å²) in [6, 6.07) is 7.54. The highest BCUT2D eigenvalue weighted by Gasteiger charge is 2.19. The summed E-state index contributed by atoms with van der Waals surface area (Å²) < 4.78 is 0. The summed E-state index contributed by atoms with van der Waals surface area (Å²) in [5.41, 5.74) is 0.687. The highest BCUT2D eigenvalue weighted by molar-refractivity contribution is 5.93. The molecule has 0 atom stereocenters. The molecule has 0 saturated carbocycles. The molecule has 1 fully saturated rings. The van der Waals surface area contributed by atoms with Crippen molar-refractivity contribution in [1.82, 2.24) is 9.97 Å². The lowest BCUT2D eigenvalue weighted by Crippen LogP contribution is -2.21. The van der Waals surface area contributed by atoms with E-state index >= 15 is 0 Å². The second-order valence-corrected chi connectivity index (χ2v) is 4.39. The molecule has 5 nitrogen and oxygen atoms in total. The van der Waals surface area contributed by atoms with Gasteiger partial charge in [-0.15, -0.1) is 0 Å². The maximum Gasteiger partial charge on any atom is 0.374 e. The standard InChI is InChI=1S/C13H13N3O2/c17-13(18)11-14-10-6-2-1-5-9(10)12(15-11)16-7-3-4-8-16/h1-2,5-6H,3-4,7-8H2,(H,17,18). The van der Waals surface area contributed by atoms with Gasteiger partial charge in [-0.2, -0.15) is 0 Å². The van der Waals surface area contributed by atoms with E-state index in [1.807, 2.05) is 24.3 Å². The van der Waals surface area contributed by atoms with Gasteiger partial charge in [0.2, 0.25) is 5.82 Å². The van der Waals surface area contributed by atoms with Crippen LogP contribution in [0.4, 0.5) is 5.82 Å². The molecular weight excluding hydrogens is 230 g/mol. The molecule has 1 saturated heterocycles. The molecule has 1 aliphatic heterocycles. The van der Waals surface area contributed by atoms with Crippen LogP contribution in [0.5, 0.6) is 0 Å². The van der Waals surface area contributed by atoms with E-state index in [1.165, 1.54) is 0 Å². The predicted molar refractivity (Wildman–Crippen MR) is 67.9 cm³/mol. The van der Waals surface area contributed by atoms with Gasteiger partial charge in [0.1, 0.15) is 5.82 Å². The quantitative estimate of drug-likeness (QED) is 0.873. The average molecular weight is 243 g/mol. The Labute approximate surface area is 104 Å². The molecule has 0 bridgehead atoms. The molecule has 2 heterocycles.